The quantitative estimate of drug-likeness (QED) is 0.683. The lowest BCUT2D eigenvalue weighted by molar-refractivity contribution is -0.162. The van der Waals surface area contributed by atoms with Crippen LogP contribution >= 0.6 is 0 Å². The molecule has 0 aliphatic carbocycles. The highest BCUT2D eigenvalue weighted by molar-refractivity contribution is 5.49. The summed E-state index contributed by atoms with van der Waals surface area (Å²) in [5.41, 5.74) is 2.36. The first kappa shape index (κ1) is 20.8. The summed E-state index contributed by atoms with van der Waals surface area (Å²) in [7, 11) is 0. The normalized spacial score (nSPS) is 17.1. The molecule has 0 saturated heterocycles. The zero-order valence-electron chi connectivity index (χ0n) is 14.8. The van der Waals surface area contributed by atoms with E-state index in [2.05, 4.69) is 4.98 Å². The smallest absolute Gasteiger partial charge is 0.418 e. The second-order valence-corrected chi connectivity index (χ2v) is 6.46. The van der Waals surface area contributed by atoms with Gasteiger partial charge in [0, 0.05) is 18.2 Å². The average molecular weight is 418 g/mol. The van der Waals surface area contributed by atoms with Crippen LogP contribution in [0.5, 0.6) is 17.4 Å². The van der Waals surface area contributed by atoms with E-state index in [-0.39, 0.29) is 23.9 Å². The molecule has 0 fully saturated rings. The number of halogens is 6. The molecule has 0 radical (unpaired) electrons. The Morgan fingerprint density at radius 2 is 1.86 bits per heavy atom. The van der Waals surface area contributed by atoms with Crippen LogP contribution in [0.25, 0.3) is 0 Å². The van der Waals surface area contributed by atoms with Gasteiger partial charge in [-0.05, 0) is 30.7 Å². The number of hydrogen-bond donors (Lipinski definition) is 1. The Labute approximate surface area is 161 Å². The summed E-state index contributed by atoms with van der Waals surface area (Å²) in [6.07, 6.45) is -5.75. The molecule has 10 heteroatoms. The van der Waals surface area contributed by atoms with E-state index in [0.29, 0.717) is 25.2 Å². The Balaban J connectivity index is 1.90. The van der Waals surface area contributed by atoms with Gasteiger partial charge >= 0.3 is 12.4 Å². The molecule has 4 nitrogen and oxygen atoms in total. The van der Waals surface area contributed by atoms with Gasteiger partial charge in [0.05, 0.1) is 17.7 Å². The maximum atomic E-state index is 13.1. The van der Waals surface area contributed by atoms with Crippen molar-refractivity contribution in [3.8, 4) is 17.4 Å². The molecule has 1 aliphatic rings. The number of nitrogens with two attached hydrogens (primary N) is 1. The fourth-order valence-electron chi connectivity index (χ4n) is 3.02. The number of fused-ring (bicyclic) bond motifs is 1. The highest BCUT2D eigenvalue weighted by Crippen LogP contribution is 2.43. The van der Waals surface area contributed by atoms with Gasteiger partial charge in [-0.3, -0.25) is 0 Å². The highest BCUT2D eigenvalue weighted by atomic mass is 19.4. The van der Waals surface area contributed by atoms with Crippen LogP contribution < -0.4 is 15.2 Å². The molecule has 0 amide bonds. The second-order valence-electron chi connectivity index (χ2n) is 6.46. The molecular formula is C19H16F6N2O2. The van der Waals surface area contributed by atoms with Gasteiger partial charge in [0.1, 0.15) is 0 Å². The minimum absolute atomic E-state index is 0.0794. The van der Waals surface area contributed by atoms with Crippen LogP contribution in [-0.2, 0) is 18.8 Å². The third-order valence-corrected chi connectivity index (χ3v) is 4.34. The van der Waals surface area contributed by atoms with Crippen molar-refractivity contribution >= 4 is 0 Å². The van der Waals surface area contributed by atoms with Gasteiger partial charge in [0.15, 0.2) is 11.5 Å². The summed E-state index contributed by atoms with van der Waals surface area (Å²) in [5, 5.41) is 0. The summed E-state index contributed by atoms with van der Waals surface area (Å²) in [5.74, 6) is -0.0412. The number of rotatable bonds is 4. The molecule has 1 atom stereocenters. The molecule has 0 bridgehead atoms. The Bertz CT molecular complexity index is 909. The zero-order chi connectivity index (χ0) is 21.2. The molecule has 29 heavy (non-hydrogen) atoms. The molecule has 1 unspecified atom stereocenters. The van der Waals surface area contributed by atoms with E-state index in [9.17, 15) is 26.3 Å². The predicted octanol–water partition coefficient (Wildman–Crippen LogP) is 5.33. The maximum Gasteiger partial charge on any atom is 0.418 e. The first-order chi connectivity index (χ1) is 13.6. The fraction of sp³-hybridized carbons (Fsp3) is 0.316. The number of aromatic nitrogens is 1. The molecule has 1 aromatic carbocycles. The highest BCUT2D eigenvalue weighted by Gasteiger charge is 2.44. The predicted molar refractivity (Wildman–Crippen MR) is 91.4 cm³/mol. The molecular weight excluding hydrogens is 402 g/mol. The topological polar surface area (TPSA) is 57.4 Å². The van der Waals surface area contributed by atoms with Crippen molar-refractivity contribution in [2.75, 3.05) is 6.61 Å². The number of para-hydroxylation sites is 1. The molecule has 2 N–H and O–H groups in total. The summed E-state index contributed by atoms with van der Waals surface area (Å²) in [6, 6.07) is 5.08. The Morgan fingerprint density at radius 1 is 1.14 bits per heavy atom. The second kappa shape index (κ2) is 7.84. The van der Waals surface area contributed by atoms with Crippen LogP contribution in [0, 0.1) is 5.92 Å². The summed E-state index contributed by atoms with van der Waals surface area (Å²) in [6.45, 7) is 0.339. The van der Waals surface area contributed by atoms with E-state index in [1.165, 1.54) is 12.3 Å². The first-order valence-corrected chi connectivity index (χ1v) is 8.53. The van der Waals surface area contributed by atoms with Crippen molar-refractivity contribution in [1.29, 1.82) is 0 Å². The van der Waals surface area contributed by atoms with Crippen molar-refractivity contribution in [2.24, 2.45) is 11.7 Å². The lowest BCUT2D eigenvalue weighted by Gasteiger charge is -2.26. The van der Waals surface area contributed by atoms with Crippen molar-refractivity contribution in [3.63, 3.8) is 0 Å². The Kier molecular flexibility index (Phi) is 5.63. The van der Waals surface area contributed by atoms with Crippen LogP contribution in [0.15, 0.2) is 42.7 Å². The van der Waals surface area contributed by atoms with E-state index >= 15 is 0 Å². The first-order valence-electron chi connectivity index (χ1n) is 8.53. The number of nitrogens with zero attached hydrogens (tertiary/aromatic N) is 1. The molecule has 0 spiro atoms. The van der Waals surface area contributed by atoms with Gasteiger partial charge < -0.3 is 15.2 Å². The number of ether oxygens (including phenoxy) is 2. The van der Waals surface area contributed by atoms with Crippen LogP contribution in [-0.4, -0.2) is 11.6 Å². The third-order valence-electron chi connectivity index (χ3n) is 4.34. The largest absolute Gasteiger partial charge is 0.489 e. The van der Waals surface area contributed by atoms with E-state index in [1.54, 1.807) is 18.2 Å². The Morgan fingerprint density at radius 3 is 2.52 bits per heavy atom. The van der Waals surface area contributed by atoms with Gasteiger partial charge in [0.25, 0.3) is 0 Å². The monoisotopic (exact) mass is 418 g/mol. The van der Waals surface area contributed by atoms with Crippen molar-refractivity contribution < 1.29 is 35.8 Å². The molecule has 2 heterocycles. The minimum atomic E-state index is -5.22. The SMILES string of the molecule is NC=CCC1COc2c(cccc2Oc2cc(C(F)(F)F)c(C(F)(F)F)cn2)C1. The lowest BCUT2D eigenvalue weighted by atomic mass is 9.94. The van der Waals surface area contributed by atoms with Gasteiger partial charge in [-0.1, -0.05) is 18.2 Å². The van der Waals surface area contributed by atoms with E-state index in [1.807, 2.05) is 0 Å². The van der Waals surface area contributed by atoms with Crippen molar-refractivity contribution in [1.82, 2.24) is 4.98 Å². The van der Waals surface area contributed by atoms with E-state index in [0.717, 1.165) is 5.56 Å². The fourth-order valence-corrected chi connectivity index (χ4v) is 3.02. The summed E-state index contributed by atoms with van der Waals surface area (Å²) < 4.78 is 88.9. The van der Waals surface area contributed by atoms with Crippen LogP contribution in [0.1, 0.15) is 23.1 Å². The lowest BCUT2D eigenvalue weighted by Crippen LogP contribution is -2.21. The van der Waals surface area contributed by atoms with Crippen LogP contribution in [0.4, 0.5) is 26.3 Å². The summed E-state index contributed by atoms with van der Waals surface area (Å²) in [4.78, 5) is 3.40. The van der Waals surface area contributed by atoms with Gasteiger partial charge in [-0.25, -0.2) is 4.98 Å². The third kappa shape index (κ3) is 4.75. The van der Waals surface area contributed by atoms with Gasteiger partial charge in [0.2, 0.25) is 5.88 Å². The van der Waals surface area contributed by atoms with Crippen LogP contribution in [0.2, 0.25) is 0 Å². The minimum Gasteiger partial charge on any atom is -0.489 e. The van der Waals surface area contributed by atoms with Gasteiger partial charge in [-0.15, -0.1) is 0 Å². The number of hydrogen-bond acceptors (Lipinski definition) is 4. The molecule has 3 rings (SSSR count). The van der Waals surface area contributed by atoms with Crippen molar-refractivity contribution in [3.05, 3.63) is 59.4 Å². The van der Waals surface area contributed by atoms with Gasteiger partial charge in [-0.2, -0.15) is 26.3 Å². The van der Waals surface area contributed by atoms with Crippen molar-refractivity contribution in [2.45, 2.75) is 25.2 Å². The Hall–Kier alpha value is -2.91. The summed E-state index contributed by atoms with van der Waals surface area (Å²) >= 11 is 0. The number of alkyl halides is 6. The number of benzene rings is 1. The van der Waals surface area contributed by atoms with Crippen LogP contribution in [0.3, 0.4) is 0 Å². The average Bonchev–Trinajstić information content (AvgIpc) is 2.65. The van der Waals surface area contributed by atoms with E-state index in [4.69, 9.17) is 15.2 Å². The maximum absolute atomic E-state index is 13.1. The number of allylic oxidation sites excluding steroid dienone is 1. The molecule has 2 aromatic rings. The van der Waals surface area contributed by atoms with E-state index < -0.39 is 29.4 Å². The molecule has 156 valence electrons. The molecule has 1 aromatic heterocycles. The molecule has 1 aliphatic heterocycles. The zero-order valence-corrected chi connectivity index (χ0v) is 14.8. The molecule has 0 saturated carbocycles. The number of pyridine rings is 1. The standard InChI is InChI=1S/C19H16F6N2O2/c20-18(21,22)13-8-16(27-9-14(13)19(23,24)25)29-15-5-1-4-12-7-11(3-2-6-26)10-28-17(12)15/h1-2,4-6,8-9,11H,3,7,10,26H2.